The lowest BCUT2D eigenvalue weighted by atomic mass is 9.56. The zero-order chi connectivity index (χ0) is 30.7. The minimum Gasteiger partial charge on any atom is -0.479 e. The zero-order valence-electron chi connectivity index (χ0n) is 24.8. The molecule has 8 nitrogen and oxygen atoms in total. The van der Waals surface area contributed by atoms with Gasteiger partial charge in [0.2, 0.25) is 5.95 Å². The third-order valence-corrected chi connectivity index (χ3v) is 10.6. The summed E-state index contributed by atoms with van der Waals surface area (Å²) in [4.78, 5) is 36.4. The van der Waals surface area contributed by atoms with Gasteiger partial charge in [0.25, 0.3) is 5.91 Å². The van der Waals surface area contributed by atoms with Gasteiger partial charge in [-0.3, -0.25) is 4.79 Å². The van der Waals surface area contributed by atoms with Crippen LogP contribution in [0.3, 0.4) is 0 Å². The Morgan fingerprint density at radius 1 is 1.14 bits per heavy atom. The number of aryl methyl sites for hydroxylation is 1. The van der Waals surface area contributed by atoms with Crippen LogP contribution in [0.2, 0.25) is 0 Å². The van der Waals surface area contributed by atoms with Crippen molar-refractivity contribution in [2.45, 2.75) is 82.8 Å². The minimum atomic E-state index is -4.96. The number of halogens is 3. The first-order chi connectivity index (χ1) is 20.4. The molecule has 2 bridgehead atoms. The molecule has 11 heteroatoms. The summed E-state index contributed by atoms with van der Waals surface area (Å²) < 4.78 is 49.3. The number of carbonyl (C=O) groups is 2. The molecule has 1 amide bonds. The maximum atomic E-state index is 14.6. The van der Waals surface area contributed by atoms with Crippen molar-refractivity contribution in [3.05, 3.63) is 46.8 Å². The van der Waals surface area contributed by atoms with Crippen molar-refractivity contribution in [1.29, 1.82) is 0 Å². The number of hydrogen-bond acceptors (Lipinski definition) is 6. The second-order valence-corrected chi connectivity index (χ2v) is 13.3. The number of anilines is 2. The summed E-state index contributed by atoms with van der Waals surface area (Å²) in [7, 11) is 0. The molecule has 1 saturated heterocycles. The number of rotatable bonds is 5. The molecule has 2 saturated carbocycles. The summed E-state index contributed by atoms with van der Waals surface area (Å²) in [5, 5.41) is 13.0. The number of aliphatic carboxylic acids is 1. The van der Waals surface area contributed by atoms with Crippen LogP contribution in [0.4, 0.5) is 24.8 Å². The van der Waals surface area contributed by atoms with Gasteiger partial charge in [-0.2, -0.15) is 13.2 Å². The number of hydrogen-bond donors (Lipinski definition) is 2. The lowest BCUT2D eigenvalue weighted by Crippen LogP contribution is -2.66. The molecule has 2 N–H and O–H groups in total. The second kappa shape index (κ2) is 10.7. The Kier molecular flexibility index (Phi) is 7.46. The van der Waals surface area contributed by atoms with E-state index in [0.717, 1.165) is 48.7 Å². The summed E-state index contributed by atoms with van der Waals surface area (Å²) in [6.07, 6.45) is 1.04. The van der Waals surface area contributed by atoms with Gasteiger partial charge in [-0.15, -0.1) is 0 Å². The maximum Gasteiger partial charge on any atom is 0.434 e. The average molecular weight is 601 g/mol. The van der Waals surface area contributed by atoms with E-state index < -0.39 is 40.8 Å². The SMILES string of the molecule is CCc1ccc2c(c1)C1(CCOCC1)CN2c1ncc(C(=O)NC2(C(=O)O)C(C)CC3CC(C)CC2C3)c(C(F)(F)F)n1. The highest BCUT2D eigenvalue weighted by Gasteiger charge is 2.57. The molecule has 5 unspecified atom stereocenters. The van der Waals surface area contributed by atoms with Crippen molar-refractivity contribution in [2.24, 2.45) is 23.7 Å². The highest BCUT2D eigenvalue weighted by atomic mass is 19.4. The third-order valence-electron chi connectivity index (χ3n) is 10.6. The number of benzene rings is 1. The quantitative estimate of drug-likeness (QED) is 0.440. The molecule has 1 aromatic heterocycles. The maximum absolute atomic E-state index is 14.6. The fourth-order valence-electron chi connectivity index (χ4n) is 8.51. The number of fused-ring (bicyclic) bond motifs is 4. The Morgan fingerprint density at radius 3 is 2.56 bits per heavy atom. The van der Waals surface area contributed by atoms with Crippen LogP contribution in [0.5, 0.6) is 0 Å². The number of carboxylic acid groups (broad SMARTS) is 1. The second-order valence-electron chi connectivity index (χ2n) is 13.3. The number of carbonyl (C=O) groups excluding carboxylic acids is 1. The fraction of sp³-hybridized carbons (Fsp3) is 0.625. The van der Waals surface area contributed by atoms with E-state index in [2.05, 4.69) is 35.2 Å². The standard InChI is InChI=1S/C32H39F3N4O4/c1-4-20-5-6-25-24(15-20)30(7-9-43-10-8-30)17-39(25)29-36-16-23(26(37-29)32(33,34)35)27(40)38-31(28(41)42)19(3)13-21-11-18(2)12-22(31)14-21/h5-6,15-16,18-19,21-22H,4,7-14,17H2,1-3H3,(H,38,40)(H,41,42). The van der Waals surface area contributed by atoms with E-state index in [1.165, 1.54) is 0 Å². The smallest absolute Gasteiger partial charge is 0.434 e. The molecular weight excluding hydrogens is 561 g/mol. The first kappa shape index (κ1) is 29.8. The fourth-order valence-corrected chi connectivity index (χ4v) is 8.51. The molecule has 1 aromatic carbocycles. The summed E-state index contributed by atoms with van der Waals surface area (Å²) in [5.41, 5.74) is -1.14. The normalized spacial score (nSPS) is 29.8. The van der Waals surface area contributed by atoms with Crippen molar-refractivity contribution in [3.8, 4) is 0 Å². The lowest BCUT2D eigenvalue weighted by Gasteiger charge is -2.52. The number of amides is 1. The number of carboxylic acids is 1. The number of nitrogens with zero attached hydrogens (tertiary/aromatic N) is 3. The van der Waals surface area contributed by atoms with Gasteiger partial charge >= 0.3 is 12.1 Å². The lowest BCUT2D eigenvalue weighted by molar-refractivity contribution is -0.155. The van der Waals surface area contributed by atoms with Crippen LogP contribution in [0.1, 0.15) is 86.5 Å². The Balaban J connectivity index is 1.37. The molecule has 43 heavy (non-hydrogen) atoms. The number of alkyl halides is 3. The molecule has 2 aliphatic carbocycles. The van der Waals surface area contributed by atoms with E-state index in [1.54, 1.807) is 11.8 Å². The van der Waals surface area contributed by atoms with Gasteiger partial charge in [-0.25, -0.2) is 14.8 Å². The number of aromatic nitrogens is 2. The molecule has 3 fully saturated rings. The molecule has 232 valence electrons. The van der Waals surface area contributed by atoms with E-state index >= 15 is 0 Å². The first-order valence-electron chi connectivity index (χ1n) is 15.4. The molecule has 6 rings (SSSR count). The summed E-state index contributed by atoms with van der Waals surface area (Å²) in [6.45, 7) is 7.41. The Bertz CT molecular complexity index is 1420. The van der Waals surface area contributed by atoms with Gasteiger partial charge < -0.3 is 20.1 Å². The van der Waals surface area contributed by atoms with Crippen molar-refractivity contribution in [1.82, 2.24) is 15.3 Å². The van der Waals surface area contributed by atoms with Crippen LogP contribution < -0.4 is 10.2 Å². The summed E-state index contributed by atoms with van der Waals surface area (Å²) in [5.74, 6) is -2.65. The van der Waals surface area contributed by atoms with Gasteiger partial charge in [0.1, 0.15) is 5.54 Å². The average Bonchev–Trinajstić information content (AvgIpc) is 3.26. The van der Waals surface area contributed by atoms with E-state index in [4.69, 9.17) is 4.74 Å². The summed E-state index contributed by atoms with van der Waals surface area (Å²) >= 11 is 0. The molecular formula is C32H39F3N4O4. The highest BCUT2D eigenvalue weighted by Crippen LogP contribution is 2.51. The van der Waals surface area contributed by atoms with Crippen molar-refractivity contribution in [2.75, 3.05) is 24.7 Å². The number of nitrogens with one attached hydrogen (secondary N) is 1. The third kappa shape index (κ3) is 4.97. The monoisotopic (exact) mass is 600 g/mol. The predicted molar refractivity (Wildman–Crippen MR) is 153 cm³/mol. The molecule has 5 atom stereocenters. The van der Waals surface area contributed by atoms with Crippen LogP contribution in [-0.2, 0) is 27.5 Å². The van der Waals surface area contributed by atoms with Crippen molar-refractivity contribution in [3.63, 3.8) is 0 Å². The van der Waals surface area contributed by atoms with Gasteiger partial charge in [-0.05, 0) is 85.8 Å². The van der Waals surface area contributed by atoms with E-state index in [1.807, 2.05) is 12.1 Å². The molecule has 3 heterocycles. The van der Waals surface area contributed by atoms with Crippen LogP contribution in [-0.4, -0.2) is 52.2 Å². The zero-order valence-corrected chi connectivity index (χ0v) is 24.8. The van der Waals surface area contributed by atoms with E-state index in [0.29, 0.717) is 44.9 Å². The van der Waals surface area contributed by atoms with Gasteiger partial charge in [0.15, 0.2) is 5.69 Å². The van der Waals surface area contributed by atoms with E-state index in [9.17, 15) is 27.9 Å². The van der Waals surface area contributed by atoms with Crippen molar-refractivity contribution < 1.29 is 32.6 Å². The van der Waals surface area contributed by atoms with Crippen LogP contribution in [0, 0.1) is 23.7 Å². The minimum absolute atomic E-state index is 0.138. The summed E-state index contributed by atoms with van der Waals surface area (Å²) in [6, 6.07) is 6.00. The molecule has 1 spiro atoms. The highest BCUT2D eigenvalue weighted by molar-refractivity contribution is 5.99. The van der Waals surface area contributed by atoms with Gasteiger partial charge in [-0.1, -0.05) is 32.9 Å². The molecule has 2 aromatic rings. The topological polar surface area (TPSA) is 105 Å². The van der Waals surface area contributed by atoms with Crippen LogP contribution >= 0.6 is 0 Å². The Labute approximate surface area is 249 Å². The largest absolute Gasteiger partial charge is 0.479 e. The van der Waals surface area contributed by atoms with Gasteiger partial charge in [0.05, 0.1) is 5.56 Å². The number of ether oxygens (including phenoxy) is 1. The molecule has 0 radical (unpaired) electrons. The first-order valence-corrected chi connectivity index (χ1v) is 15.4. The Morgan fingerprint density at radius 2 is 1.88 bits per heavy atom. The predicted octanol–water partition coefficient (Wildman–Crippen LogP) is 5.90. The van der Waals surface area contributed by atoms with E-state index in [-0.39, 0.29) is 23.2 Å². The molecule has 2 aliphatic heterocycles. The Hall–Kier alpha value is -3.21. The van der Waals surface area contributed by atoms with Crippen LogP contribution in [0.15, 0.2) is 24.4 Å². The molecule has 4 aliphatic rings. The van der Waals surface area contributed by atoms with Crippen molar-refractivity contribution >= 4 is 23.5 Å². The van der Waals surface area contributed by atoms with Crippen LogP contribution in [0.25, 0.3) is 0 Å². The van der Waals surface area contributed by atoms with Gasteiger partial charge in [0, 0.05) is 37.1 Å².